The topological polar surface area (TPSA) is 25.8 Å². The lowest BCUT2D eigenvalue weighted by molar-refractivity contribution is 0.934. The molecule has 0 bridgehead atoms. The van der Waals surface area contributed by atoms with Crippen LogP contribution in [0.3, 0.4) is 0 Å². The van der Waals surface area contributed by atoms with Crippen molar-refractivity contribution in [1.82, 2.24) is 9.97 Å². The average molecular weight is 332 g/mol. The maximum atomic E-state index is 5.99. The van der Waals surface area contributed by atoms with Crippen LogP contribution in [-0.4, -0.2) is 9.97 Å². The van der Waals surface area contributed by atoms with Gasteiger partial charge < -0.3 is 0 Å². The lowest BCUT2D eigenvalue weighted by Gasteiger charge is -2.05. The summed E-state index contributed by atoms with van der Waals surface area (Å²) in [6.07, 6.45) is 0.644. The molecule has 1 aromatic carbocycles. The van der Waals surface area contributed by atoms with Gasteiger partial charge in [0.05, 0.1) is 10.2 Å². The Kier molecular flexibility index (Phi) is 4.02. The monoisotopic (exact) mass is 330 g/mol. The van der Waals surface area contributed by atoms with Crippen LogP contribution >= 0.6 is 39.1 Å². The van der Waals surface area contributed by atoms with Gasteiger partial charge in [0.2, 0.25) is 0 Å². The zero-order valence-electron chi connectivity index (χ0n) is 9.04. The molecule has 5 heteroatoms. The smallest absolute Gasteiger partial charge is 0.147 e. The molecule has 0 atom stereocenters. The molecule has 0 amide bonds. The Morgan fingerprint density at radius 1 is 1.12 bits per heavy atom. The summed E-state index contributed by atoms with van der Waals surface area (Å²) in [7, 11) is 0. The molecule has 1 aromatic heterocycles. The summed E-state index contributed by atoms with van der Waals surface area (Å²) in [4.78, 5) is 8.60. The highest BCUT2D eigenvalue weighted by molar-refractivity contribution is 9.10. The SMILES string of the molecule is Cc1nc(Cc2ccc(Cl)cc2)nc(Cl)c1Br. The van der Waals surface area contributed by atoms with Gasteiger partial charge in [-0.25, -0.2) is 9.97 Å². The molecule has 0 aliphatic carbocycles. The summed E-state index contributed by atoms with van der Waals surface area (Å²) in [6.45, 7) is 1.89. The third-order valence-corrected chi connectivity index (χ3v) is 4.00. The van der Waals surface area contributed by atoms with Crippen LogP contribution in [0.1, 0.15) is 17.1 Å². The molecule has 0 aliphatic heterocycles. The molecule has 0 saturated carbocycles. The molecule has 2 aromatic rings. The molecular formula is C12H9BrCl2N2. The quantitative estimate of drug-likeness (QED) is 0.760. The Balaban J connectivity index is 2.27. The van der Waals surface area contributed by atoms with Crippen molar-refractivity contribution in [2.75, 3.05) is 0 Å². The van der Waals surface area contributed by atoms with Crippen molar-refractivity contribution in [3.63, 3.8) is 0 Å². The zero-order chi connectivity index (χ0) is 12.4. The van der Waals surface area contributed by atoms with Gasteiger partial charge in [0, 0.05) is 11.4 Å². The van der Waals surface area contributed by atoms with Gasteiger partial charge in [0.25, 0.3) is 0 Å². The summed E-state index contributed by atoms with van der Waals surface area (Å²) in [6, 6.07) is 7.61. The zero-order valence-corrected chi connectivity index (χ0v) is 12.1. The normalized spacial score (nSPS) is 10.6. The van der Waals surface area contributed by atoms with E-state index in [4.69, 9.17) is 23.2 Å². The molecule has 2 rings (SSSR count). The maximum Gasteiger partial charge on any atom is 0.147 e. The summed E-state index contributed by atoms with van der Waals surface area (Å²) >= 11 is 15.2. The second-order valence-corrected chi connectivity index (χ2v) is 5.22. The predicted octanol–water partition coefficient (Wildman–Crippen LogP) is 4.45. The minimum atomic E-state index is 0.446. The van der Waals surface area contributed by atoms with Crippen LogP contribution in [-0.2, 0) is 6.42 Å². The van der Waals surface area contributed by atoms with Crippen LogP contribution in [0.2, 0.25) is 10.2 Å². The summed E-state index contributed by atoms with van der Waals surface area (Å²) in [5.74, 6) is 0.707. The standard InChI is InChI=1S/C12H9BrCl2N2/c1-7-11(13)12(15)17-10(16-7)6-8-2-4-9(14)5-3-8/h2-5H,6H2,1H3. The molecule has 0 aliphatic rings. The lowest BCUT2D eigenvalue weighted by atomic mass is 10.1. The summed E-state index contributed by atoms with van der Waals surface area (Å²) < 4.78 is 0.749. The van der Waals surface area contributed by atoms with Crippen LogP contribution in [0.15, 0.2) is 28.7 Å². The van der Waals surface area contributed by atoms with E-state index in [1.54, 1.807) is 0 Å². The number of halogens is 3. The Bertz CT molecular complexity index is 518. The second kappa shape index (κ2) is 5.34. The van der Waals surface area contributed by atoms with Crippen LogP contribution in [0.25, 0.3) is 0 Å². The van der Waals surface area contributed by atoms with E-state index in [1.807, 2.05) is 31.2 Å². The molecule has 1 heterocycles. The van der Waals surface area contributed by atoms with Crippen LogP contribution in [0.4, 0.5) is 0 Å². The molecule has 0 radical (unpaired) electrons. The number of rotatable bonds is 2. The van der Waals surface area contributed by atoms with E-state index in [0.717, 1.165) is 20.8 Å². The summed E-state index contributed by atoms with van der Waals surface area (Å²) in [5.41, 5.74) is 1.95. The molecule has 0 spiro atoms. The van der Waals surface area contributed by atoms with E-state index in [2.05, 4.69) is 25.9 Å². The molecule has 2 nitrogen and oxygen atoms in total. The Morgan fingerprint density at radius 2 is 1.76 bits per heavy atom. The van der Waals surface area contributed by atoms with Crippen molar-refractivity contribution in [2.45, 2.75) is 13.3 Å². The first kappa shape index (κ1) is 12.8. The number of hydrogen-bond donors (Lipinski definition) is 0. The van der Waals surface area contributed by atoms with Gasteiger partial charge in [0.1, 0.15) is 11.0 Å². The van der Waals surface area contributed by atoms with Gasteiger partial charge in [-0.3, -0.25) is 0 Å². The predicted molar refractivity (Wildman–Crippen MR) is 73.7 cm³/mol. The van der Waals surface area contributed by atoms with E-state index >= 15 is 0 Å². The van der Waals surface area contributed by atoms with Crippen molar-refractivity contribution in [3.8, 4) is 0 Å². The minimum Gasteiger partial charge on any atom is -0.237 e. The van der Waals surface area contributed by atoms with Crippen molar-refractivity contribution >= 4 is 39.1 Å². The molecule has 0 unspecified atom stereocenters. The highest BCUT2D eigenvalue weighted by atomic mass is 79.9. The third kappa shape index (κ3) is 3.18. The van der Waals surface area contributed by atoms with Crippen molar-refractivity contribution in [1.29, 1.82) is 0 Å². The first-order valence-electron chi connectivity index (χ1n) is 4.99. The first-order valence-corrected chi connectivity index (χ1v) is 6.54. The highest BCUT2D eigenvalue weighted by Gasteiger charge is 2.07. The van der Waals surface area contributed by atoms with Crippen LogP contribution in [0, 0.1) is 6.92 Å². The maximum absolute atomic E-state index is 5.99. The molecule has 0 fully saturated rings. The fraction of sp³-hybridized carbons (Fsp3) is 0.167. The van der Waals surface area contributed by atoms with E-state index < -0.39 is 0 Å². The van der Waals surface area contributed by atoms with Crippen molar-refractivity contribution in [2.24, 2.45) is 0 Å². The van der Waals surface area contributed by atoms with Crippen molar-refractivity contribution in [3.05, 3.63) is 56.0 Å². The average Bonchev–Trinajstić information content (AvgIpc) is 2.29. The third-order valence-electron chi connectivity index (χ3n) is 2.30. The number of aryl methyl sites for hydroxylation is 1. The number of nitrogens with zero attached hydrogens (tertiary/aromatic N) is 2. The van der Waals surface area contributed by atoms with Crippen LogP contribution in [0.5, 0.6) is 0 Å². The molecule has 88 valence electrons. The van der Waals surface area contributed by atoms with Gasteiger partial charge in [-0.15, -0.1) is 0 Å². The van der Waals surface area contributed by atoms with E-state index in [0.29, 0.717) is 17.4 Å². The Morgan fingerprint density at radius 3 is 2.35 bits per heavy atom. The van der Waals surface area contributed by atoms with Gasteiger partial charge in [-0.05, 0) is 40.5 Å². The minimum absolute atomic E-state index is 0.446. The molecule has 17 heavy (non-hydrogen) atoms. The lowest BCUT2D eigenvalue weighted by Crippen LogP contribution is -2.00. The highest BCUT2D eigenvalue weighted by Crippen LogP contribution is 2.23. The van der Waals surface area contributed by atoms with Crippen LogP contribution < -0.4 is 0 Å². The summed E-state index contributed by atoms with van der Waals surface area (Å²) in [5, 5.41) is 1.17. The fourth-order valence-corrected chi connectivity index (χ4v) is 1.98. The number of benzene rings is 1. The van der Waals surface area contributed by atoms with Gasteiger partial charge in [0.15, 0.2) is 0 Å². The van der Waals surface area contributed by atoms with E-state index in [-0.39, 0.29) is 0 Å². The molecule has 0 N–H and O–H groups in total. The second-order valence-electron chi connectivity index (χ2n) is 3.63. The Labute approximate surface area is 118 Å². The van der Waals surface area contributed by atoms with Gasteiger partial charge in [-0.1, -0.05) is 35.3 Å². The number of hydrogen-bond acceptors (Lipinski definition) is 2. The fourth-order valence-electron chi connectivity index (χ4n) is 1.44. The van der Waals surface area contributed by atoms with Crippen molar-refractivity contribution < 1.29 is 0 Å². The molecule has 0 saturated heterocycles. The van der Waals surface area contributed by atoms with E-state index in [9.17, 15) is 0 Å². The number of aromatic nitrogens is 2. The Hall–Kier alpha value is -0.640. The van der Waals surface area contributed by atoms with Gasteiger partial charge >= 0.3 is 0 Å². The first-order chi connectivity index (χ1) is 8.06. The van der Waals surface area contributed by atoms with E-state index in [1.165, 1.54) is 0 Å². The largest absolute Gasteiger partial charge is 0.237 e. The van der Waals surface area contributed by atoms with Gasteiger partial charge in [-0.2, -0.15) is 0 Å². The molecular weight excluding hydrogens is 323 g/mol.